The molecule has 5 heteroatoms. The minimum atomic E-state index is -0.391. The number of ether oxygens (including phenoxy) is 3. The highest BCUT2D eigenvalue weighted by molar-refractivity contribution is 5.67. The SMILES string of the molecule is CCOC(=O)N[C@@H]1CCOCOC1. The Labute approximate surface area is 77.3 Å². The normalized spacial score (nSPS) is 23.3. The molecule has 76 valence electrons. The number of nitrogens with one attached hydrogen (secondary N) is 1. The molecule has 1 amide bonds. The number of rotatable bonds is 2. The van der Waals surface area contributed by atoms with Gasteiger partial charge in [-0.1, -0.05) is 0 Å². The number of carbonyl (C=O) groups excluding carboxylic acids is 1. The first-order valence-corrected chi connectivity index (χ1v) is 4.41. The Balaban J connectivity index is 2.21. The van der Waals surface area contributed by atoms with E-state index in [1.165, 1.54) is 0 Å². The van der Waals surface area contributed by atoms with Crippen LogP contribution in [0.2, 0.25) is 0 Å². The van der Waals surface area contributed by atoms with Crippen LogP contribution in [0.25, 0.3) is 0 Å². The summed E-state index contributed by atoms with van der Waals surface area (Å²) in [6.07, 6.45) is 0.372. The van der Waals surface area contributed by atoms with E-state index in [-0.39, 0.29) is 6.04 Å². The standard InChI is InChI=1S/C8H15NO4/c1-2-13-8(10)9-7-3-4-11-6-12-5-7/h7H,2-6H2,1H3,(H,9,10)/t7-/m1/s1. The van der Waals surface area contributed by atoms with Gasteiger partial charge in [0.1, 0.15) is 6.79 Å². The lowest BCUT2D eigenvalue weighted by Gasteiger charge is -2.14. The molecule has 1 fully saturated rings. The molecule has 13 heavy (non-hydrogen) atoms. The molecule has 1 saturated heterocycles. The van der Waals surface area contributed by atoms with E-state index in [1.54, 1.807) is 6.92 Å². The van der Waals surface area contributed by atoms with Crippen molar-refractivity contribution in [3.05, 3.63) is 0 Å². The third-order valence-corrected chi connectivity index (χ3v) is 1.69. The fourth-order valence-electron chi connectivity index (χ4n) is 1.07. The molecule has 0 unspecified atom stereocenters. The van der Waals surface area contributed by atoms with E-state index in [4.69, 9.17) is 14.2 Å². The van der Waals surface area contributed by atoms with Crippen LogP contribution in [0.15, 0.2) is 0 Å². The lowest BCUT2D eigenvalue weighted by atomic mass is 10.2. The smallest absolute Gasteiger partial charge is 0.407 e. The molecule has 0 saturated carbocycles. The van der Waals surface area contributed by atoms with Gasteiger partial charge in [-0.2, -0.15) is 0 Å². The van der Waals surface area contributed by atoms with E-state index < -0.39 is 6.09 Å². The van der Waals surface area contributed by atoms with Crippen molar-refractivity contribution in [3.8, 4) is 0 Å². The number of hydrogen-bond acceptors (Lipinski definition) is 4. The molecule has 0 radical (unpaired) electrons. The van der Waals surface area contributed by atoms with Gasteiger partial charge in [-0.25, -0.2) is 4.79 Å². The van der Waals surface area contributed by atoms with Crippen molar-refractivity contribution in [2.24, 2.45) is 0 Å². The van der Waals surface area contributed by atoms with Crippen molar-refractivity contribution in [2.75, 3.05) is 26.6 Å². The highest BCUT2D eigenvalue weighted by Crippen LogP contribution is 2.00. The summed E-state index contributed by atoms with van der Waals surface area (Å²) in [5.41, 5.74) is 0. The Morgan fingerprint density at radius 2 is 2.46 bits per heavy atom. The zero-order valence-corrected chi connectivity index (χ0v) is 7.75. The predicted molar refractivity (Wildman–Crippen MR) is 45.3 cm³/mol. The molecular formula is C8H15NO4. The van der Waals surface area contributed by atoms with Gasteiger partial charge >= 0.3 is 6.09 Å². The molecule has 5 nitrogen and oxygen atoms in total. The van der Waals surface area contributed by atoms with Crippen molar-refractivity contribution in [1.29, 1.82) is 0 Å². The summed E-state index contributed by atoms with van der Waals surface area (Å²) < 4.78 is 14.9. The first kappa shape index (κ1) is 10.3. The van der Waals surface area contributed by atoms with Gasteiger partial charge in [-0.15, -0.1) is 0 Å². The number of alkyl carbamates (subject to hydrolysis) is 1. The second-order valence-electron chi connectivity index (χ2n) is 2.75. The number of carbonyl (C=O) groups is 1. The maximum Gasteiger partial charge on any atom is 0.407 e. The molecular weight excluding hydrogens is 174 g/mol. The monoisotopic (exact) mass is 189 g/mol. The Morgan fingerprint density at radius 3 is 3.23 bits per heavy atom. The third-order valence-electron chi connectivity index (χ3n) is 1.69. The fourth-order valence-corrected chi connectivity index (χ4v) is 1.07. The molecule has 1 atom stereocenters. The van der Waals surface area contributed by atoms with Crippen molar-refractivity contribution in [3.63, 3.8) is 0 Å². The van der Waals surface area contributed by atoms with Gasteiger partial charge < -0.3 is 19.5 Å². The molecule has 0 aliphatic carbocycles. The molecule has 0 aromatic heterocycles. The molecule has 1 heterocycles. The second-order valence-corrected chi connectivity index (χ2v) is 2.75. The maximum atomic E-state index is 11.0. The van der Waals surface area contributed by atoms with Gasteiger partial charge in [0.2, 0.25) is 0 Å². The maximum absolute atomic E-state index is 11.0. The van der Waals surface area contributed by atoms with Crippen LogP contribution in [0.4, 0.5) is 4.79 Å². The molecule has 1 N–H and O–H groups in total. The van der Waals surface area contributed by atoms with E-state index in [9.17, 15) is 4.79 Å². The summed E-state index contributed by atoms with van der Waals surface area (Å²) in [4.78, 5) is 11.0. The lowest BCUT2D eigenvalue weighted by Crippen LogP contribution is -2.38. The average Bonchev–Trinajstić information content (AvgIpc) is 2.33. The summed E-state index contributed by atoms with van der Waals surface area (Å²) >= 11 is 0. The zero-order valence-electron chi connectivity index (χ0n) is 7.75. The summed E-state index contributed by atoms with van der Waals surface area (Å²) in [6.45, 7) is 3.55. The fraction of sp³-hybridized carbons (Fsp3) is 0.875. The van der Waals surface area contributed by atoms with Crippen LogP contribution in [0, 0.1) is 0 Å². The Kier molecular flexibility index (Phi) is 4.56. The molecule has 1 aliphatic rings. The van der Waals surface area contributed by atoms with Crippen LogP contribution in [-0.4, -0.2) is 38.7 Å². The van der Waals surface area contributed by atoms with Crippen LogP contribution in [0.1, 0.15) is 13.3 Å². The first-order valence-electron chi connectivity index (χ1n) is 4.41. The molecule has 1 rings (SSSR count). The van der Waals surface area contributed by atoms with Crippen LogP contribution in [0.3, 0.4) is 0 Å². The average molecular weight is 189 g/mol. The highest BCUT2D eigenvalue weighted by Gasteiger charge is 2.15. The number of amides is 1. The zero-order chi connectivity index (χ0) is 9.52. The van der Waals surface area contributed by atoms with Gasteiger partial charge in [0.25, 0.3) is 0 Å². The van der Waals surface area contributed by atoms with Gasteiger partial charge in [0, 0.05) is 0 Å². The topological polar surface area (TPSA) is 56.8 Å². The Bertz CT molecular complexity index is 154. The van der Waals surface area contributed by atoms with E-state index in [2.05, 4.69) is 5.32 Å². The highest BCUT2D eigenvalue weighted by atomic mass is 16.7. The van der Waals surface area contributed by atoms with Crippen LogP contribution in [-0.2, 0) is 14.2 Å². The van der Waals surface area contributed by atoms with E-state index in [0.717, 1.165) is 6.42 Å². The number of hydrogen-bond donors (Lipinski definition) is 1. The summed E-state index contributed by atoms with van der Waals surface area (Å²) in [7, 11) is 0. The van der Waals surface area contributed by atoms with E-state index >= 15 is 0 Å². The van der Waals surface area contributed by atoms with Crippen molar-refractivity contribution in [2.45, 2.75) is 19.4 Å². The van der Waals surface area contributed by atoms with Gasteiger partial charge in [0.05, 0.1) is 25.9 Å². The molecule has 0 bridgehead atoms. The first-order chi connectivity index (χ1) is 6.33. The van der Waals surface area contributed by atoms with Gasteiger partial charge in [0.15, 0.2) is 0 Å². The molecule has 0 spiro atoms. The van der Waals surface area contributed by atoms with Gasteiger partial charge in [-0.05, 0) is 13.3 Å². The summed E-state index contributed by atoms with van der Waals surface area (Å²) in [5, 5.41) is 2.69. The predicted octanol–water partition coefficient (Wildman–Crippen LogP) is 0.496. The quantitative estimate of drug-likeness (QED) is 0.687. The minimum Gasteiger partial charge on any atom is -0.450 e. The van der Waals surface area contributed by atoms with Gasteiger partial charge in [-0.3, -0.25) is 0 Å². The van der Waals surface area contributed by atoms with Crippen molar-refractivity contribution < 1.29 is 19.0 Å². The molecule has 0 aromatic carbocycles. The Morgan fingerprint density at radius 1 is 1.62 bits per heavy atom. The molecule has 0 aromatic rings. The summed E-state index contributed by atoms with van der Waals surface area (Å²) in [6, 6.07) is 0.00144. The van der Waals surface area contributed by atoms with Crippen molar-refractivity contribution in [1.82, 2.24) is 5.32 Å². The largest absolute Gasteiger partial charge is 0.450 e. The summed E-state index contributed by atoms with van der Waals surface area (Å²) in [5.74, 6) is 0. The van der Waals surface area contributed by atoms with E-state index in [0.29, 0.717) is 26.6 Å². The lowest BCUT2D eigenvalue weighted by molar-refractivity contribution is -0.0337. The van der Waals surface area contributed by atoms with Crippen molar-refractivity contribution >= 4 is 6.09 Å². The second kappa shape index (κ2) is 5.77. The third kappa shape index (κ3) is 4.10. The van der Waals surface area contributed by atoms with Crippen LogP contribution in [0.5, 0.6) is 0 Å². The minimum absolute atomic E-state index is 0.00144. The van der Waals surface area contributed by atoms with Crippen LogP contribution < -0.4 is 5.32 Å². The molecule has 1 aliphatic heterocycles. The van der Waals surface area contributed by atoms with E-state index in [1.807, 2.05) is 0 Å². The van der Waals surface area contributed by atoms with Crippen LogP contribution >= 0.6 is 0 Å². The Hall–Kier alpha value is -0.810.